The van der Waals surface area contributed by atoms with Gasteiger partial charge in [-0.15, -0.1) is 0 Å². The van der Waals surface area contributed by atoms with E-state index in [9.17, 15) is 0 Å². The lowest BCUT2D eigenvalue weighted by Crippen LogP contribution is -2.03. The van der Waals surface area contributed by atoms with Gasteiger partial charge in [0.25, 0.3) is 0 Å². The van der Waals surface area contributed by atoms with Crippen molar-refractivity contribution in [2.24, 2.45) is 0 Å². The summed E-state index contributed by atoms with van der Waals surface area (Å²) in [5.41, 5.74) is 19.6. The van der Waals surface area contributed by atoms with E-state index in [-0.39, 0.29) is 11.8 Å². The predicted octanol–water partition coefficient (Wildman–Crippen LogP) is 17.6. The molecule has 0 amide bonds. The Morgan fingerprint density at radius 1 is 0.200 bits per heavy atom. The average Bonchev–Trinajstić information content (AvgIpc) is 3.94. The minimum atomic E-state index is 0.171. The fraction of sp³-hybridized carbons (Fsp3) is 0.0294. The van der Waals surface area contributed by atoms with E-state index in [2.05, 4.69) is 288 Å². The van der Waals surface area contributed by atoms with Gasteiger partial charge in [-0.2, -0.15) is 0 Å². The molecule has 13 aromatic rings. The maximum Gasteiger partial charge on any atom is 0.0548 e. The molecule has 0 radical (unpaired) electrons. The number of aromatic nitrogens is 2. The zero-order valence-corrected chi connectivity index (χ0v) is 38.6. The van der Waals surface area contributed by atoms with E-state index in [1.165, 1.54) is 99.2 Å². The summed E-state index contributed by atoms with van der Waals surface area (Å²) in [6, 6.07) is 102. The molecular weight excluding hydrogens is 845 g/mol. The van der Waals surface area contributed by atoms with E-state index >= 15 is 0 Å². The van der Waals surface area contributed by atoms with Crippen LogP contribution in [0.25, 0.3) is 77.2 Å². The van der Waals surface area contributed by atoms with Crippen molar-refractivity contribution in [2.45, 2.75) is 11.8 Å². The van der Waals surface area contributed by atoms with Crippen molar-refractivity contribution in [3.05, 3.63) is 312 Å². The van der Waals surface area contributed by atoms with Gasteiger partial charge in [0.2, 0.25) is 0 Å². The molecule has 0 aliphatic rings. The highest BCUT2D eigenvalue weighted by atomic mass is 15.0. The highest BCUT2D eigenvalue weighted by Gasteiger charge is 2.21. The maximum absolute atomic E-state index is 2.44. The number of hydrogen-bond donors (Lipinski definition) is 0. The first kappa shape index (κ1) is 41.2. The number of fused-ring (bicyclic) bond motifs is 6. The molecule has 0 aliphatic carbocycles. The van der Waals surface area contributed by atoms with E-state index in [1.807, 2.05) is 0 Å². The first-order valence-electron chi connectivity index (χ1n) is 24.3. The number of rotatable bonds is 10. The van der Waals surface area contributed by atoms with E-state index in [1.54, 1.807) is 0 Å². The van der Waals surface area contributed by atoms with E-state index in [4.69, 9.17) is 0 Å². The molecule has 2 heteroatoms. The molecule has 0 unspecified atom stereocenters. The smallest absolute Gasteiger partial charge is 0.0548 e. The van der Waals surface area contributed by atoms with Gasteiger partial charge in [-0.05, 0) is 104 Å². The lowest BCUT2D eigenvalue weighted by atomic mass is 9.84. The van der Waals surface area contributed by atoms with Crippen molar-refractivity contribution in [3.63, 3.8) is 0 Å². The largest absolute Gasteiger partial charge is 0.309 e. The molecule has 0 saturated carbocycles. The van der Waals surface area contributed by atoms with Crippen LogP contribution in [0.3, 0.4) is 0 Å². The van der Waals surface area contributed by atoms with Gasteiger partial charge in [0.05, 0.1) is 22.1 Å². The van der Waals surface area contributed by atoms with Crippen LogP contribution in [0.15, 0.2) is 279 Å². The molecule has 0 fully saturated rings. The van der Waals surface area contributed by atoms with Gasteiger partial charge in [-0.1, -0.05) is 231 Å². The van der Waals surface area contributed by atoms with E-state index in [0.717, 1.165) is 11.4 Å². The third kappa shape index (κ3) is 7.30. The van der Waals surface area contributed by atoms with E-state index in [0.29, 0.717) is 0 Å². The molecule has 0 spiro atoms. The van der Waals surface area contributed by atoms with Crippen molar-refractivity contribution in [1.82, 2.24) is 9.13 Å². The minimum Gasteiger partial charge on any atom is -0.309 e. The molecule has 0 N–H and O–H groups in total. The first-order valence-corrected chi connectivity index (χ1v) is 24.3. The van der Waals surface area contributed by atoms with Gasteiger partial charge in [-0.25, -0.2) is 0 Å². The van der Waals surface area contributed by atoms with Crippen LogP contribution in [-0.4, -0.2) is 9.13 Å². The summed E-state index contributed by atoms with van der Waals surface area (Å²) in [7, 11) is 0. The van der Waals surface area contributed by atoms with Crippen LogP contribution in [0.4, 0.5) is 0 Å². The Labute approximate surface area is 408 Å². The minimum absolute atomic E-state index is 0.171. The highest BCUT2D eigenvalue weighted by Crippen LogP contribution is 2.41. The molecule has 0 aliphatic heterocycles. The van der Waals surface area contributed by atoms with Crippen molar-refractivity contribution in [1.29, 1.82) is 0 Å². The lowest BCUT2D eigenvalue weighted by Gasteiger charge is -2.19. The third-order valence-corrected chi connectivity index (χ3v) is 14.4. The molecule has 2 aromatic heterocycles. The Kier molecular flexibility index (Phi) is 10.4. The van der Waals surface area contributed by atoms with Crippen LogP contribution in [0, 0.1) is 0 Å². The summed E-state index contributed by atoms with van der Waals surface area (Å²) < 4.78 is 4.88. The summed E-state index contributed by atoms with van der Waals surface area (Å²) in [5.74, 6) is 0.341. The summed E-state index contributed by atoms with van der Waals surface area (Å²) in [5, 5.41) is 4.95. The van der Waals surface area contributed by atoms with Crippen molar-refractivity contribution in [2.75, 3.05) is 0 Å². The molecule has 0 saturated heterocycles. The van der Waals surface area contributed by atoms with Crippen LogP contribution in [0.5, 0.6) is 0 Å². The van der Waals surface area contributed by atoms with Crippen LogP contribution in [-0.2, 0) is 0 Å². The zero-order chi connectivity index (χ0) is 46.4. The fourth-order valence-electron chi connectivity index (χ4n) is 11.1. The molecular formula is C68H48N2. The molecule has 2 heterocycles. The molecule has 13 rings (SSSR count). The third-order valence-electron chi connectivity index (χ3n) is 14.4. The Hall–Kier alpha value is -8.98. The maximum atomic E-state index is 2.44. The van der Waals surface area contributed by atoms with Crippen LogP contribution < -0.4 is 0 Å². The van der Waals surface area contributed by atoms with Gasteiger partial charge in [0, 0.05) is 44.8 Å². The molecule has 2 nitrogen and oxygen atoms in total. The topological polar surface area (TPSA) is 9.86 Å². The summed E-state index contributed by atoms with van der Waals surface area (Å²) in [6.07, 6.45) is 0. The number of para-hydroxylation sites is 2. The first-order chi connectivity index (χ1) is 34.7. The van der Waals surface area contributed by atoms with Gasteiger partial charge in [-0.3, -0.25) is 0 Å². The second-order valence-electron chi connectivity index (χ2n) is 18.4. The Morgan fingerprint density at radius 3 is 0.771 bits per heavy atom. The van der Waals surface area contributed by atoms with Crippen molar-refractivity contribution in [3.8, 4) is 33.6 Å². The number of hydrogen-bond acceptors (Lipinski definition) is 0. The summed E-state index contributed by atoms with van der Waals surface area (Å²) >= 11 is 0. The zero-order valence-electron chi connectivity index (χ0n) is 38.6. The lowest BCUT2D eigenvalue weighted by molar-refractivity contribution is 0.978. The second-order valence-corrected chi connectivity index (χ2v) is 18.4. The molecule has 0 atom stereocenters. The fourth-order valence-corrected chi connectivity index (χ4v) is 11.1. The molecule has 330 valence electrons. The highest BCUT2D eigenvalue weighted by molar-refractivity contribution is 6.19. The van der Waals surface area contributed by atoms with Gasteiger partial charge in [0.1, 0.15) is 0 Å². The van der Waals surface area contributed by atoms with Gasteiger partial charge in [0.15, 0.2) is 0 Å². The quantitative estimate of drug-likeness (QED) is 0.121. The summed E-state index contributed by atoms with van der Waals surface area (Å²) in [4.78, 5) is 0. The monoisotopic (exact) mass is 892 g/mol. The predicted molar refractivity (Wildman–Crippen MR) is 294 cm³/mol. The SMILES string of the molecule is c1ccc(C(c2ccccc2)c2ccc(-c3ccc(-n4c5ccccc5c5cc6c(cc54)c4ccccc4n6-c4ccc(-c5ccc(C(c6ccccc6)c6ccccc6)cc5)cc4)cc3)cc2)cc1. The van der Waals surface area contributed by atoms with Crippen LogP contribution >= 0.6 is 0 Å². The van der Waals surface area contributed by atoms with E-state index < -0.39 is 0 Å². The molecule has 0 bridgehead atoms. The second kappa shape index (κ2) is 17.6. The Morgan fingerprint density at radius 2 is 0.457 bits per heavy atom. The summed E-state index contributed by atoms with van der Waals surface area (Å²) in [6.45, 7) is 0. The number of benzene rings is 11. The van der Waals surface area contributed by atoms with Crippen LogP contribution in [0.2, 0.25) is 0 Å². The standard InChI is InChI=1S/C68H48N2/c1-5-17-51(18-6-1)67(52-19-7-2-8-20-52)55-33-29-47(30-34-55)49-37-41-57(42-38-49)69-63-27-15-13-25-59(63)61-46-66-62(45-65(61)69)60-26-14-16-28-64(60)70(66)58-43-39-50(40-44-58)48-31-35-56(36-32-48)68(53-21-9-3-10-22-53)54-23-11-4-12-24-54/h1-46,67-68H. The molecule has 11 aromatic carbocycles. The average molecular weight is 893 g/mol. The Bertz CT molecular complexity index is 3580. The normalized spacial score (nSPS) is 11.7. The Balaban J connectivity index is 0.843. The van der Waals surface area contributed by atoms with Crippen molar-refractivity contribution >= 4 is 43.6 Å². The van der Waals surface area contributed by atoms with Crippen LogP contribution in [0.1, 0.15) is 45.2 Å². The molecule has 70 heavy (non-hydrogen) atoms. The van der Waals surface area contributed by atoms with Gasteiger partial charge >= 0.3 is 0 Å². The van der Waals surface area contributed by atoms with Crippen molar-refractivity contribution < 1.29 is 0 Å². The van der Waals surface area contributed by atoms with Gasteiger partial charge < -0.3 is 9.13 Å². The number of nitrogens with zero attached hydrogens (tertiary/aromatic N) is 2.